The molecular formula is C34H38N2O13. The monoisotopic (exact) mass is 682 g/mol. The summed E-state index contributed by atoms with van der Waals surface area (Å²) in [5, 5.41) is 3.00. The van der Waals surface area contributed by atoms with Crippen LogP contribution in [0.25, 0.3) is 0 Å². The van der Waals surface area contributed by atoms with Gasteiger partial charge in [-0.05, 0) is 24.5 Å². The highest BCUT2D eigenvalue weighted by Gasteiger charge is 2.63. The van der Waals surface area contributed by atoms with Crippen LogP contribution >= 0.6 is 0 Å². The Morgan fingerprint density at radius 3 is 2.31 bits per heavy atom. The molecule has 3 saturated heterocycles. The summed E-state index contributed by atoms with van der Waals surface area (Å²) in [5.74, 6) is -4.58. The molecule has 1 N–H and O–H groups in total. The fourth-order valence-corrected chi connectivity index (χ4v) is 7.82. The summed E-state index contributed by atoms with van der Waals surface area (Å²) in [5.41, 5.74) is 1.03. The number of para-hydroxylation sites is 1. The number of esters is 4. The maximum Gasteiger partial charge on any atom is 0.303 e. The third-order valence-electron chi connectivity index (χ3n) is 9.73. The van der Waals surface area contributed by atoms with Crippen molar-refractivity contribution in [3.8, 4) is 0 Å². The van der Waals surface area contributed by atoms with Crippen LogP contribution in [0.5, 0.6) is 0 Å². The first kappa shape index (κ1) is 34.1. The van der Waals surface area contributed by atoms with Crippen molar-refractivity contribution in [1.82, 2.24) is 4.90 Å². The highest BCUT2D eigenvalue weighted by atomic mass is 16.8. The van der Waals surface area contributed by atoms with Gasteiger partial charge in [0.25, 0.3) is 5.91 Å². The van der Waals surface area contributed by atoms with E-state index < -0.39 is 90.8 Å². The first-order valence-electron chi connectivity index (χ1n) is 16.0. The van der Waals surface area contributed by atoms with Gasteiger partial charge in [-0.25, -0.2) is 0 Å². The maximum atomic E-state index is 13.9. The zero-order valence-electron chi connectivity index (χ0n) is 27.5. The number of hydrogen-bond acceptors (Lipinski definition) is 13. The number of carbonyl (C=O) groups is 6. The molecule has 0 aromatic heterocycles. The summed E-state index contributed by atoms with van der Waals surface area (Å²) < 4.78 is 40.1. The normalized spacial score (nSPS) is 34.3. The lowest BCUT2D eigenvalue weighted by Gasteiger charge is -2.48. The zero-order valence-corrected chi connectivity index (χ0v) is 27.5. The Hall–Kier alpha value is -4.76. The molecule has 262 valence electrons. The topological polar surface area (TPSA) is 182 Å². The number of carbonyl (C=O) groups excluding carboxylic acids is 6. The smallest absolute Gasteiger partial charge is 0.303 e. The Balaban J connectivity index is 1.32. The third kappa shape index (κ3) is 6.05. The predicted molar refractivity (Wildman–Crippen MR) is 165 cm³/mol. The predicted octanol–water partition coefficient (Wildman–Crippen LogP) is 1.64. The van der Waals surface area contributed by atoms with E-state index >= 15 is 0 Å². The SMILES string of the molecule is C=C[C@H]1[C@H](O[C@H]2O[C@H](COC(C)=O)[C@@H](OC(C)=O)[C@H](OC(C)=O)[C@H]2OC(C)=O)OC=C2C(=O)N3CC[C@@]4(C(=O)Nc5ccccc54)[C@H]3C[C@H]21. The van der Waals surface area contributed by atoms with Gasteiger partial charge in [-0.2, -0.15) is 0 Å². The molecule has 1 aromatic carbocycles. The van der Waals surface area contributed by atoms with Crippen molar-refractivity contribution in [1.29, 1.82) is 0 Å². The largest absolute Gasteiger partial charge is 0.471 e. The molecule has 5 heterocycles. The Morgan fingerprint density at radius 2 is 1.63 bits per heavy atom. The first-order chi connectivity index (χ1) is 23.3. The number of piperidine rings is 1. The van der Waals surface area contributed by atoms with Crippen molar-refractivity contribution >= 4 is 41.4 Å². The molecule has 49 heavy (non-hydrogen) atoms. The molecule has 0 aliphatic carbocycles. The van der Waals surface area contributed by atoms with Gasteiger partial charge in [-0.3, -0.25) is 28.8 Å². The van der Waals surface area contributed by atoms with E-state index in [1.165, 1.54) is 13.2 Å². The number of anilines is 1. The number of ether oxygens (including phenoxy) is 7. The number of rotatable bonds is 8. The van der Waals surface area contributed by atoms with Gasteiger partial charge >= 0.3 is 23.9 Å². The molecule has 0 unspecified atom stereocenters. The van der Waals surface area contributed by atoms with Crippen molar-refractivity contribution in [2.45, 2.75) is 89.0 Å². The van der Waals surface area contributed by atoms with Crippen LogP contribution in [0.3, 0.4) is 0 Å². The molecule has 15 nitrogen and oxygen atoms in total. The summed E-state index contributed by atoms with van der Waals surface area (Å²) in [4.78, 5) is 77.7. The first-order valence-corrected chi connectivity index (χ1v) is 16.0. The summed E-state index contributed by atoms with van der Waals surface area (Å²) in [7, 11) is 0. The van der Waals surface area contributed by atoms with Crippen LogP contribution in [0.4, 0.5) is 5.69 Å². The van der Waals surface area contributed by atoms with Gasteiger partial charge in [-0.1, -0.05) is 24.3 Å². The molecule has 1 spiro atoms. The van der Waals surface area contributed by atoms with E-state index in [2.05, 4.69) is 11.9 Å². The molecule has 0 bridgehead atoms. The van der Waals surface area contributed by atoms with E-state index in [4.69, 9.17) is 33.2 Å². The number of benzene rings is 1. The molecule has 3 fully saturated rings. The van der Waals surface area contributed by atoms with Crippen LogP contribution in [0.2, 0.25) is 0 Å². The molecule has 0 radical (unpaired) electrons. The van der Waals surface area contributed by atoms with E-state index in [-0.39, 0.29) is 11.8 Å². The van der Waals surface area contributed by atoms with Crippen molar-refractivity contribution in [3.63, 3.8) is 0 Å². The minimum Gasteiger partial charge on any atom is -0.471 e. The zero-order chi connectivity index (χ0) is 35.2. The quantitative estimate of drug-likeness (QED) is 0.238. The van der Waals surface area contributed by atoms with Crippen molar-refractivity contribution in [2.24, 2.45) is 11.8 Å². The van der Waals surface area contributed by atoms with Crippen LogP contribution in [-0.4, -0.2) is 96.8 Å². The van der Waals surface area contributed by atoms with E-state index in [0.717, 1.165) is 32.0 Å². The van der Waals surface area contributed by atoms with Crippen molar-refractivity contribution in [3.05, 3.63) is 54.3 Å². The number of amides is 2. The summed E-state index contributed by atoms with van der Waals surface area (Å²) in [6.07, 6.45) is -4.43. The van der Waals surface area contributed by atoms with E-state index in [9.17, 15) is 28.8 Å². The van der Waals surface area contributed by atoms with Crippen LogP contribution in [-0.2, 0) is 67.3 Å². The van der Waals surface area contributed by atoms with E-state index in [1.54, 1.807) is 11.0 Å². The van der Waals surface area contributed by atoms with Gasteiger partial charge in [-0.15, -0.1) is 6.58 Å². The highest BCUT2D eigenvalue weighted by Crippen LogP contribution is 2.54. The lowest BCUT2D eigenvalue weighted by Crippen LogP contribution is -2.64. The van der Waals surface area contributed by atoms with Gasteiger partial charge < -0.3 is 43.4 Å². The second kappa shape index (κ2) is 13.3. The lowest BCUT2D eigenvalue weighted by molar-refractivity contribution is -0.342. The van der Waals surface area contributed by atoms with Gasteiger partial charge in [0.1, 0.15) is 12.7 Å². The van der Waals surface area contributed by atoms with Crippen LogP contribution in [0.15, 0.2) is 48.8 Å². The summed E-state index contributed by atoms with van der Waals surface area (Å²) in [6, 6.07) is 7.02. The highest BCUT2D eigenvalue weighted by molar-refractivity contribution is 6.08. The van der Waals surface area contributed by atoms with Crippen LogP contribution in [0, 0.1) is 11.8 Å². The molecule has 2 amide bonds. The lowest BCUT2D eigenvalue weighted by atomic mass is 9.67. The van der Waals surface area contributed by atoms with Crippen molar-refractivity contribution < 1.29 is 61.9 Å². The van der Waals surface area contributed by atoms with Gasteiger partial charge in [0, 0.05) is 51.8 Å². The van der Waals surface area contributed by atoms with Gasteiger partial charge in [0.15, 0.2) is 18.3 Å². The number of nitrogens with one attached hydrogen (secondary N) is 1. The minimum absolute atomic E-state index is 0.158. The second-order valence-corrected chi connectivity index (χ2v) is 12.7. The summed E-state index contributed by atoms with van der Waals surface area (Å²) in [6.45, 7) is 8.50. The molecule has 5 aliphatic heterocycles. The minimum atomic E-state index is -1.51. The van der Waals surface area contributed by atoms with Gasteiger partial charge in [0.2, 0.25) is 18.5 Å². The molecule has 5 aliphatic rings. The molecule has 6 rings (SSSR count). The van der Waals surface area contributed by atoms with E-state index in [1.807, 2.05) is 24.3 Å². The molecule has 0 saturated carbocycles. The molecule has 10 atom stereocenters. The van der Waals surface area contributed by atoms with Crippen LogP contribution < -0.4 is 5.32 Å². The van der Waals surface area contributed by atoms with Gasteiger partial charge in [0.05, 0.1) is 23.3 Å². The Morgan fingerprint density at radius 1 is 0.959 bits per heavy atom. The van der Waals surface area contributed by atoms with Crippen LogP contribution in [0.1, 0.15) is 46.1 Å². The molecule has 15 heteroatoms. The molecule has 1 aromatic rings. The fourth-order valence-electron chi connectivity index (χ4n) is 7.82. The Bertz CT molecular complexity index is 1610. The average molecular weight is 683 g/mol. The molecular weight excluding hydrogens is 644 g/mol. The fraction of sp³-hybridized carbons (Fsp3) is 0.529. The standard InChI is InChI=1S/C34H38N2O13/c1-6-20-21-13-26-34(23-9-7-8-10-24(23)35-33(34)42)11-12-36(26)30(41)22(21)14-44-31(20)49-32-29(47-19(5)40)28(46-18(4)39)27(45-17(3)38)25(48-32)15-43-16(2)37/h6-10,14,20-21,25-29,31-32H,1,11-13,15H2,2-5H3,(H,35,42)/t20-,21+,25-,26-,27-,28+,29-,31+,32-,34+/m1/s1. The van der Waals surface area contributed by atoms with E-state index in [0.29, 0.717) is 25.0 Å². The summed E-state index contributed by atoms with van der Waals surface area (Å²) >= 11 is 0. The second-order valence-electron chi connectivity index (χ2n) is 12.7. The Kier molecular flexibility index (Phi) is 9.24. The average Bonchev–Trinajstić information content (AvgIpc) is 3.56. The maximum absolute atomic E-state index is 13.9. The number of nitrogens with zero attached hydrogens (tertiary/aromatic N) is 1. The number of hydrogen-bond donors (Lipinski definition) is 1. The Labute approximate surface area is 281 Å². The van der Waals surface area contributed by atoms with Crippen molar-refractivity contribution in [2.75, 3.05) is 18.5 Å². The third-order valence-corrected chi connectivity index (χ3v) is 9.73. The number of fused-ring (bicyclic) bond motifs is 5.